The zero-order valence-electron chi connectivity index (χ0n) is 4.77. The third kappa shape index (κ3) is 2.49. The summed E-state index contributed by atoms with van der Waals surface area (Å²) in [6, 6.07) is 6.93. The van der Waals surface area contributed by atoms with Crippen molar-refractivity contribution in [1.82, 2.24) is 0 Å². The van der Waals surface area contributed by atoms with Gasteiger partial charge in [0.05, 0.1) is 0 Å². The molecule has 1 aromatic carbocycles. The van der Waals surface area contributed by atoms with Gasteiger partial charge in [0.1, 0.15) is 0 Å². The van der Waals surface area contributed by atoms with Gasteiger partial charge in [0.15, 0.2) is 0 Å². The van der Waals surface area contributed by atoms with Gasteiger partial charge in [0.2, 0.25) is 0 Å². The van der Waals surface area contributed by atoms with E-state index in [0.29, 0.717) is 0 Å². The normalized spacial score (nSPS) is 8.67. The first kappa shape index (κ1) is 7.92. The minimum absolute atomic E-state index is 0.0934. The van der Waals surface area contributed by atoms with E-state index in [1.807, 2.05) is 6.07 Å². The van der Waals surface area contributed by atoms with E-state index in [1.165, 1.54) is 9.14 Å². The van der Waals surface area contributed by atoms with Gasteiger partial charge < -0.3 is 0 Å². The molecule has 0 saturated heterocycles. The number of rotatable bonds is 1. The van der Waals surface area contributed by atoms with Gasteiger partial charge in [0.25, 0.3) is 0 Å². The van der Waals surface area contributed by atoms with E-state index in [2.05, 4.69) is 17.7 Å². The Labute approximate surface area is 74.6 Å². The molecular formula is C6H4FHgI. The molecule has 0 N–H and O–H groups in total. The summed E-state index contributed by atoms with van der Waals surface area (Å²) in [7, 11) is 0. The van der Waals surface area contributed by atoms with Crippen LogP contribution < -0.4 is 3.07 Å². The predicted molar refractivity (Wildman–Crippen MR) is 40.1 cm³/mol. The molecule has 0 bridgehead atoms. The van der Waals surface area contributed by atoms with Crippen LogP contribution in [0, 0.1) is 5.82 Å². The molecule has 0 fully saturated rings. The van der Waals surface area contributed by atoms with Crippen molar-refractivity contribution in [3.05, 3.63) is 30.1 Å². The van der Waals surface area contributed by atoms with Crippen molar-refractivity contribution in [3.8, 4) is 0 Å². The summed E-state index contributed by atoms with van der Waals surface area (Å²) in [5.74, 6) is -0.0934. The predicted octanol–water partition coefficient (Wildman–Crippen LogP) is 1.88. The van der Waals surface area contributed by atoms with E-state index in [-0.39, 0.29) is 5.82 Å². The number of halogens is 2. The van der Waals surface area contributed by atoms with Crippen molar-refractivity contribution in [3.63, 3.8) is 0 Å². The van der Waals surface area contributed by atoms with Crippen LogP contribution in [0.5, 0.6) is 0 Å². The standard InChI is InChI=1S/C6H4F.Hg.HI/c7-6-4-2-1-3-5-6;;/h1-2,4-5H;;1H/q;+1;/p-1. The van der Waals surface area contributed by atoms with Crippen molar-refractivity contribution in [2.45, 2.75) is 0 Å². The molecule has 0 saturated carbocycles. The van der Waals surface area contributed by atoms with E-state index >= 15 is 0 Å². The van der Waals surface area contributed by atoms with Gasteiger partial charge in [-0.1, -0.05) is 0 Å². The first-order valence-corrected chi connectivity index (χ1v) is 20.8. The second-order valence-electron chi connectivity index (χ2n) is 1.76. The van der Waals surface area contributed by atoms with Crippen LogP contribution in [-0.2, 0) is 20.2 Å². The van der Waals surface area contributed by atoms with Crippen molar-refractivity contribution >= 4 is 20.7 Å². The van der Waals surface area contributed by atoms with Gasteiger partial charge in [0, 0.05) is 0 Å². The number of hydrogen-bond acceptors (Lipinski definition) is 0. The Morgan fingerprint density at radius 1 is 1.44 bits per heavy atom. The summed E-state index contributed by atoms with van der Waals surface area (Å²) in [6.45, 7) is 0. The molecule has 44 valence electrons. The number of benzene rings is 1. The molecule has 9 heavy (non-hydrogen) atoms. The molecule has 1 rings (SSSR count). The van der Waals surface area contributed by atoms with Crippen LogP contribution in [0.1, 0.15) is 0 Å². The summed E-state index contributed by atoms with van der Waals surface area (Å²) >= 11 is 1.58. The van der Waals surface area contributed by atoms with Crippen molar-refractivity contribution in [2.24, 2.45) is 0 Å². The molecule has 0 aliphatic rings. The Hall–Kier alpha value is 0.815. The van der Waals surface area contributed by atoms with Crippen molar-refractivity contribution in [1.29, 1.82) is 0 Å². The Morgan fingerprint density at radius 2 is 2.22 bits per heavy atom. The van der Waals surface area contributed by atoms with Crippen molar-refractivity contribution < 1.29 is 24.6 Å². The average Bonchev–Trinajstić information content (AvgIpc) is 1.88. The summed E-state index contributed by atoms with van der Waals surface area (Å²) in [6.07, 6.45) is 0. The van der Waals surface area contributed by atoms with Gasteiger partial charge in [-0.25, -0.2) is 0 Å². The monoisotopic (exact) mass is 424 g/mol. The summed E-state index contributed by atoms with van der Waals surface area (Å²) in [5, 5.41) is 0. The Bertz CT molecular complexity index is 202. The Kier molecular flexibility index (Phi) is 3.39. The van der Waals surface area contributed by atoms with Gasteiger partial charge >= 0.3 is 75.5 Å². The van der Waals surface area contributed by atoms with Crippen LogP contribution in [0.2, 0.25) is 0 Å². The topological polar surface area (TPSA) is 0 Å². The fraction of sp³-hybridized carbons (Fsp3) is 0. The molecule has 0 heterocycles. The van der Waals surface area contributed by atoms with E-state index in [4.69, 9.17) is 0 Å². The zero-order valence-corrected chi connectivity index (χ0v) is 12.4. The maximum atomic E-state index is 12.4. The van der Waals surface area contributed by atoms with E-state index in [1.54, 1.807) is 12.1 Å². The van der Waals surface area contributed by atoms with Gasteiger partial charge in [-0.3, -0.25) is 0 Å². The molecule has 0 unspecified atom stereocenters. The SMILES string of the molecule is Fc1ccc[c]([Hg][I])c1. The third-order valence-corrected chi connectivity index (χ3v) is 11.7. The molecule has 0 aliphatic heterocycles. The first-order valence-electron chi connectivity index (χ1n) is 2.63. The molecule has 1 aromatic rings. The molecule has 0 radical (unpaired) electrons. The molecule has 0 aliphatic carbocycles. The van der Waals surface area contributed by atoms with Crippen LogP contribution in [0.3, 0.4) is 0 Å². The fourth-order valence-corrected chi connectivity index (χ4v) is 6.72. The molecule has 0 spiro atoms. The first-order chi connectivity index (χ1) is 4.33. The van der Waals surface area contributed by atoms with Gasteiger partial charge in [-0.05, 0) is 0 Å². The van der Waals surface area contributed by atoms with Crippen LogP contribution in [0.25, 0.3) is 0 Å². The Balaban J connectivity index is 2.94. The molecule has 0 atom stereocenters. The van der Waals surface area contributed by atoms with Crippen LogP contribution in [-0.4, -0.2) is 0 Å². The molecule has 3 heteroatoms. The quantitative estimate of drug-likeness (QED) is 0.479. The average molecular weight is 423 g/mol. The maximum absolute atomic E-state index is 12.4. The Morgan fingerprint density at radius 3 is 2.67 bits per heavy atom. The van der Waals surface area contributed by atoms with Gasteiger partial charge in [-0.15, -0.1) is 0 Å². The second-order valence-corrected chi connectivity index (χ2v) is 12.7. The van der Waals surface area contributed by atoms with Crippen LogP contribution >= 0.6 is 17.7 Å². The summed E-state index contributed by atoms with van der Waals surface area (Å²) in [5.41, 5.74) is 0. The second kappa shape index (κ2) is 3.86. The zero-order chi connectivity index (χ0) is 6.69. The van der Waals surface area contributed by atoms with E-state index < -0.39 is 20.2 Å². The fourth-order valence-electron chi connectivity index (χ4n) is 0.620. The number of hydrogen-bond donors (Lipinski definition) is 0. The molecule has 0 amide bonds. The van der Waals surface area contributed by atoms with E-state index in [0.717, 1.165) is 0 Å². The molecule has 0 nitrogen and oxygen atoms in total. The van der Waals surface area contributed by atoms with E-state index in [9.17, 15) is 4.39 Å². The van der Waals surface area contributed by atoms with Crippen LogP contribution in [0.4, 0.5) is 4.39 Å². The molecule has 0 aromatic heterocycles. The third-order valence-electron chi connectivity index (χ3n) is 1.04. The summed E-state index contributed by atoms with van der Waals surface area (Å²) < 4.78 is 13.6. The van der Waals surface area contributed by atoms with Gasteiger partial charge in [-0.2, -0.15) is 0 Å². The van der Waals surface area contributed by atoms with Crippen LogP contribution in [0.15, 0.2) is 24.3 Å². The molecular weight excluding hydrogens is 419 g/mol. The minimum atomic E-state index is -0.843. The summed E-state index contributed by atoms with van der Waals surface area (Å²) in [4.78, 5) is 0. The van der Waals surface area contributed by atoms with Crippen molar-refractivity contribution in [2.75, 3.05) is 0 Å².